The van der Waals surface area contributed by atoms with E-state index in [0.717, 1.165) is 0 Å². The van der Waals surface area contributed by atoms with Gasteiger partial charge >= 0.3 is 17.9 Å². The predicted octanol–water partition coefficient (Wildman–Crippen LogP) is 3.05. The zero-order valence-electron chi connectivity index (χ0n) is 17.7. The zero-order chi connectivity index (χ0) is 22.0. The van der Waals surface area contributed by atoms with Crippen molar-refractivity contribution in [1.82, 2.24) is 0 Å². The minimum absolute atomic E-state index is 0.0311. The summed E-state index contributed by atoms with van der Waals surface area (Å²) in [7, 11) is 0. The van der Waals surface area contributed by atoms with Crippen molar-refractivity contribution in [2.75, 3.05) is 20.0 Å². The molecule has 0 aromatic carbocycles. The number of hydrogen-bond donors (Lipinski definition) is 0. The van der Waals surface area contributed by atoms with Crippen molar-refractivity contribution < 1.29 is 38.1 Å². The molecule has 0 spiro atoms. The molecule has 0 N–H and O–H groups in total. The molecule has 0 rings (SSSR count). The van der Waals surface area contributed by atoms with Gasteiger partial charge in [-0.2, -0.15) is 0 Å². The third kappa shape index (κ3) is 10.1. The number of esters is 3. The summed E-state index contributed by atoms with van der Waals surface area (Å²) in [6.45, 7) is 17.0. The van der Waals surface area contributed by atoms with Crippen LogP contribution >= 0.6 is 0 Å². The second kappa shape index (κ2) is 11.5. The first kappa shape index (κ1) is 25.6. The minimum Gasteiger partial charge on any atom is -0.468 e. The number of rotatable bonds is 13. The first-order chi connectivity index (χ1) is 12.8. The number of carbonyl (C=O) groups excluding carboxylic acids is 3. The second-order valence-corrected chi connectivity index (χ2v) is 7.12. The van der Waals surface area contributed by atoms with E-state index in [2.05, 4.69) is 13.2 Å². The Labute approximate surface area is 166 Å². The molecule has 0 fully saturated rings. The van der Waals surface area contributed by atoms with E-state index in [1.807, 2.05) is 0 Å². The van der Waals surface area contributed by atoms with Crippen molar-refractivity contribution in [3.8, 4) is 0 Å². The van der Waals surface area contributed by atoms with E-state index < -0.39 is 29.1 Å². The molecule has 0 aliphatic rings. The third-order valence-corrected chi connectivity index (χ3v) is 3.68. The van der Waals surface area contributed by atoms with Crippen molar-refractivity contribution in [3.63, 3.8) is 0 Å². The molecule has 160 valence electrons. The maximum Gasteiger partial charge on any atom is 0.337 e. The Balaban J connectivity index is 3.94. The van der Waals surface area contributed by atoms with Gasteiger partial charge in [0.05, 0.1) is 18.8 Å². The van der Waals surface area contributed by atoms with Gasteiger partial charge in [-0.05, 0) is 40.5 Å². The summed E-state index contributed by atoms with van der Waals surface area (Å²) in [5.41, 5.74) is -1.99. The van der Waals surface area contributed by atoms with Gasteiger partial charge in [0.15, 0.2) is 12.4 Å². The van der Waals surface area contributed by atoms with Crippen LogP contribution in [0.5, 0.6) is 0 Å². The summed E-state index contributed by atoms with van der Waals surface area (Å²) in [4.78, 5) is 34.0. The average molecular weight is 400 g/mol. The molecule has 0 aromatic rings. The minimum atomic E-state index is -1.12. The van der Waals surface area contributed by atoms with E-state index in [1.165, 1.54) is 13.8 Å². The number of unbranched alkanes of at least 4 members (excludes halogenated alkanes) is 1. The van der Waals surface area contributed by atoms with Gasteiger partial charge in [0.25, 0.3) is 0 Å². The van der Waals surface area contributed by atoms with Gasteiger partial charge in [0.2, 0.25) is 0 Å². The number of ether oxygens (including phenoxy) is 5. The molecule has 8 heteroatoms. The van der Waals surface area contributed by atoms with Crippen molar-refractivity contribution in [3.05, 3.63) is 24.5 Å². The Morgan fingerprint density at radius 3 is 1.82 bits per heavy atom. The van der Waals surface area contributed by atoms with Crippen LogP contribution in [0.15, 0.2) is 24.5 Å². The molecule has 0 amide bonds. The maximum absolute atomic E-state index is 11.9. The fourth-order valence-corrected chi connectivity index (χ4v) is 1.99. The number of carbonyl (C=O) groups is 3. The topological polar surface area (TPSA) is 97.4 Å². The zero-order valence-corrected chi connectivity index (χ0v) is 17.7. The largest absolute Gasteiger partial charge is 0.468 e. The van der Waals surface area contributed by atoms with Gasteiger partial charge in [0.1, 0.15) is 11.4 Å². The molecular formula is C20H32O8. The highest BCUT2D eigenvalue weighted by molar-refractivity contribution is 5.90. The normalized spacial score (nSPS) is 11.4. The Hall–Kier alpha value is -2.35. The van der Waals surface area contributed by atoms with Gasteiger partial charge in [0, 0.05) is 13.8 Å². The SMILES string of the molecule is C=C(OCOCCCCOC(=O)C(=C)C(C)(C)OC(C)=O)C(C)(C)OC(C)=O. The monoisotopic (exact) mass is 400 g/mol. The van der Waals surface area contributed by atoms with Gasteiger partial charge in [-0.1, -0.05) is 13.2 Å². The summed E-state index contributed by atoms with van der Waals surface area (Å²) >= 11 is 0. The van der Waals surface area contributed by atoms with Crippen molar-refractivity contribution in [1.29, 1.82) is 0 Å². The van der Waals surface area contributed by atoms with Crippen molar-refractivity contribution >= 4 is 17.9 Å². The van der Waals surface area contributed by atoms with Crippen LogP contribution in [0.1, 0.15) is 54.4 Å². The highest BCUT2D eigenvalue weighted by Crippen LogP contribution is 2.21. The molecule has 0 bridgehead atoms. The molecular weight excluding hydrogens is 368 g/mol. The Morgan fingerprint density at radius 2 is 1.29 bits per heavy atom. The van der Waals surface area contributed by atoms with E-state index in [-0.39, 0.29) is 24.7 Å². The van der Waals surface area contributed by atoms with Crippen molar-refractivity contribution in [2.24, 2.45) is 0 Å². The smallest absolute Gasteiger partial charge is 0.337 e. The molecule has 0 radical (unpaired) electrons. The summed E-state index contributed by atoms with van der Waals surface area (Å²) in [5, 5.41) is 0. The lowest BCUT2D eigenvalue weighted by Gasteiger charge is -2.26. The molecule has 28 heavy (non-hydrogen) atoms. The van der Waals surface area contributed by atoms with E-state index in [4.69, 9.17) is 23.7 Å². The van der Waals surface area contributed by atoms with E-state index in [0.29, 0.717) is 19.4 Å². The first-order valence-electron chi connectivity index (χ1n) is 8.95. The predicted molar refractivity (Wildman–Crippen MR) is 102 cm³/mol. The van der Waals surface area contributed by atoms with Crippen LogP contribution in [0.25, 0.3) is 0 Å². The fourth-order valence-electron chi connectivity index (χ4n) is 1.99. The highest BCUT2D eigenvalue weighted by Gasteiger charge is 2.31. The van der Waals surface area contributed by atoms with Crippen LogP contribution in [0, 0.1) is 0 Å². The van der Waals surface area contributed by atoms with E-state index in [9.17, 15) is 14.4 Å². The molecule has 0 aliphatic carbocycles. The molecule has 0 aromatic heterocycles. The van der Waals surface area contributed by atoms with Gasteiger partial charge in [-0.15, -0.1) is 0 Å². The molecule has 0 unspecified atom stereocenters. The lowest BCUT2D eigenvalue weighted by molar-refractivity contribution is -0.156. The standard InChI is InChI=1S/C20H32O8/c1-14(19(5,6)27-16(3)21)18(23)25-12-10-9-11-24-13-26-15(2)20(7,8)28-17(4)22/h1-2,9-13H2,3-8H3. The molecule has 0 aliphatic heterocycles. The van der Waals surface area contributed by atoms with Crippen molar-refractivity contribution in [2.45, 2.75) is 65.6 Å². The van der Waals surface area contributed by atoms with Gasteiger partial charge in [-0.25, -0.2) is 4.79 Å². The summed E-state index contributed by atoms with van der Waals surface area (Å²) < 4.78 is 25.9. The summed E-state index contributed by atoms with van der Waals surface area (Å²) in [6.07, 6.45) is 1.21. The maximum atomic E-state index is 11.9. The quantitative estimate of drug-likeness (QED) is 0.116. The highest BCUT2D eigenvalue weighted by atomic mass is 16.7. The van der Waals surface area contributed by atoms with Crippen LogP contribution in [0.4, 0.5) is 0 Å². The van der Waals surface area contributed by atoms with Crippen LogP contribution in [0.2, 0.25) is 0 Å². The lowest BCUT2D eigenvalue weighted by Crippen LogP contribution is -2.33. The molecule has 0 saturated heterocycles. The van der Waals surface area contributed by atoms with Crippen LogP contribution in [-0.4, -0.2) is 49.1 Å². The first-order valence-corrected chi connectivity index (χ1v) is 8.95. The van der Waals surface area contributed by atoms with Gasteiger partial charge < -0.3 is 23.7 Å². The van der Waals surface area contributed by atoms with E-state index in [1.54, 1.807) is 27.7 Å². The summed E-state index contributed by atoms with van der Waals surface area (Å²) in [6, 6.07) is 0. The number of hydrogen-bond acceptors (Lipinski definition) is 8. The molecule has 8 nitrogen and oxygen atoms in total. The fraction of sp³-hybridized carbons (Fsp3) is 0.650. The average Bonchev–Trinajstić information content (AvgIpc) is 2.53. The molecule has 0 heterocycles. The van der Waals surface area contributed by atoms with Crippen LogP contribution in [-0.2, 0) is 38.1 Å². The van der Waals surface area contributed by atoms with Gasteiger partial charge in [-0.3, -0.25) is 9.59 Å². The second-order valence-electron chi connectivity index (χ2n) is 7.12. The summed E-state index contributed by atoms with van der Waals surface area (Å²) in [5.74, 6) is -1.26. The Morgan fingerprint density at radius 1 is 0.786 bits per heavy atom. The third-order valence-electron chi connectivity index (χ3n) is 3.68. The lowest BCUT2D eigenvalue weighted by atomic mass is 10.00. The Kier molecular flexibility index (Phi) is 10.5. The van der Waals surface area contributed by atoms with Crippen LogP contribution < -0.4 is 0 Å². The van der Waals surface area contributed by atoms with Crippen LogP contribution in [0.3, 0.4) is 0 Å². The molecule has 0 saturated carbocycles. The van der Waals surface area contributed by atoms with E-state index >= 15 is 0 Å². The Bertz CT molecular complexity index is 589. The molecule has 0 atom stereocenters.